The van der Waals surface area contributed by atoms with E-state index in [9.17, 15) is 9.59 Å². The van der Waals surface area contributed by atoms with E-state index in [1.165, 1.54) is 0 Å². The second-order valence-electron chi connectivity index (χ2n) is 7.04. The first-order chi connectivity index (χ1) is 11.1. The number of hydrogen-bond donors (Lipinski definition) is 0. The molecule has 0 heterocycles. The molecule has 1 aromatic carbocycles. The second kappa shape index (κ2) is 7.96. The van der Waals surface area contributed by atoms with Gasteiger partial charge in [0.2, 0.25) is 0 Å². The van der Waals surface area contributed by atoms with Crippen LogP contribution in [-0.4, -0.2) is 18.5 Å². The van der Waals surface area contributed by atoms with Crippen LogP contribution in [0.2, 0.25) is 0 Å². The molecule has 0 spiro atoms. The summed E-state index contributed by atoms with van der Waals surface area (Å²) in [6, 6.07) is 6.96. The topological polar surface area (TPSA) is 76.4 Å². The lowest BCUT2D eigenvalue weighted by atomic mass is 9.84. The van der Waals surface area contributed by atoms with Crippen molar-refractivity contribution in [3.8, 4) is 11.8 Å². The molecule has 5 nitrogen and oxygen atoms in total. The van der Waals surface area contributed by atoms with Gasteiger partial charge >= 0.3 is 11.9 Å². The van der Waals surface area contributed by atoms with Crippen molar-refractivity contribution < 1.29 is 19.1 Å². The Balaban J connectivity index is 3.15. The summed E-state index contributed by atoms with van der Waals surface area (Å²) in [5.41, 5.74) is 0.508. The normalized spacial score (nSPS) is 11.3. The maximum atomic E-state index is 11.9. The van der Waals surface area contributed by atoms with Crippen LogP contribution in [0.4, 0.5) is 0 Å². The third-order valence-corrected chi connectivity index (χ3v) is 3.57. The SMILES string of the molecule is CC(C)C(=O)OCC(C)(C)c1cc(C#N)ccc1OC(=O)C(C)C. The van der Waals surface area contributed by atoms with Crippen molar-refractivity contribution in [2.45, 2.75) is 47.0 Å². The summed E-state index contributed by atoms with van der Waals surface area (Å²) in [5.74, 6) is -0.741. The number of benzene rings is 1. The van der Waals surface area contributed by atoms with Crippen molar-refractivity contribution in [2.75, 3.05) is 6.61 Å². The summed E-state index contributed by atoms with van der Waals surface area (Å²) >= 11 is 0. The van der Waals surface area contributed by atoms with E-state index in [-0.39, 0.29) is 30.4 Å². The minimum Gasteiger partial charge on any atom is -0.465 e. The molecule has 0 radical (unpaired) electrons. The Morgan fingerprint density at radius 1 is 1.12 bits per heavy atom. The van der Waals surface area contributed by atoms with Gasteiger partial charge in [-0.3, -0.25) is 9.59 Å². The van der Waals surface area contributed by atoms with Crippen LogP contribution in [-0.2, 0) is 19.7 Å². The van der Waals surface area contributed by atoms with E-state index in [4.69, 9.17) is 14.7 Å². The van der Waals surface area contributed by atoms with Gasteiger partial charge in [0.15, 0.2) is 0 Å². The van der Waals surface area contributed by atoms with Gasteiger partial charge in [-0.1, -0.05) is 41.5 Å². The van der Waals surface area contributed by atoms with Crippen LogP contribution in [0.25, 0.3) is 0 Å². The Hall–Kier alpha value is -2.35. The lowest BCUT2D eigenvalue weighted by Crippen LogP contribution is -2.29. The zero-order valence-corrected chi connectivity index (χ0v) is 15.2. The third-order valence-electron chi connectivity index (χ3n) is 3.57. The number of nitriles is 1. The average molecular weight is 331 g/mol. The van der Waals surface area contributed by atoms with Gasteiger partial charge in [0.25, 0.3) is 0 Å². The van der Waals surface area contributed by atoms with Crippen molar-refractivity contribution in [1.29, 1.82) is 5.26 Å². The first kappa shape index (κ1) is 19.7. The highest BCUT2D eigenvalue weighted by molar-refractivity contribution is 5.75. The fraction of sp³-hybridized carbons (Fsp3) is 0.526. The van der Waals surface area contributed by atoms with Crippen LogP contribution >= 0.6 is 0 Å². The van der Waals surface area contributed by atoms with Crippen LogP contribution in [0, 0.1) is 23.2 Å². The van der Waals surface area contributed by atoms with Crippen LogP contribution in [0.1, 0.15) is 52.7 Å². The quantitative estimate of drug-likeness (QED) is 0.588. The number of nitrogens with zero attached hydrogens (tertiary/aromatic N) is 1. The molecule has 0 bridgehead atoms. The van der Waals surface area contributed by atoms with Crippen LogP contribution in [0.5, 0.6) is 5.75 Å². The number of esters is 2. The Kier molecular flexibility index (Phi) is 6.53. The van der Waals surface area contributed by atoms with Gasteiger partial charge in [-0.2, -0.15) is 5.26 Å². The summed E-state index contributed by atoms with van der Waals surface area (Å²) in [4.78, 5) is 23.7. The molecule has 0 saturated carbocycles. The Bertz CT molecular complexity index is 654. The Morgan fingerprint density at radius 2 is 1.71 bits per heavy atom. The van der Waals surface area contributed by atoms with Crippen molar-refractivity contribution in [3.63, 3.8) is 0 Å². The molecule has 0 aliphatic heterocycles. The van der Waals surface area contributed by atoms with Gasteiger partial charge in [-0.15, -0.1) is 0 Å². The molecule has 5 heteroatoms. The van der Waals surface area contributed by atoms with E-state index < -0.39 is 5.41 Å². The summed E-state index contributed by atoms with van der Waals surface area (Å²) < 4.78 is 10.8. The highest BCUT2D eigenvalue weighted by Gasteiger charge is 2.28. The Morgan fingerprint density at radius 3 is 2.21 bits per heavy atom. The Labute approximate surface area is 143 Å². The smallest absolute Gasteiger partial charge is 0.313 e. The van der Waals surface area contributed by atoms with Gasteiger partial charge < -0.3 is 9.47 Å². The molecular weight excluding hydrogens is 306 g/mol. The van der Waals surface area contributed by atoms with Crippen LogP contribution in [0.3, 0.4) is 0 Å². The molecule has 0 saturated heterocycles. The lowest BCUT2D eigenvalue weighted by molar-refractivity contribution is -0.149. The van der Waals surface area contributed by atoms with E-state index in [0.717, 1.165) is 0 Å². The molecule has 0 atom stereocenters. The number of ether oxygens (including phenoxy) is 2. The van der Waals surface area contributed by atoms with Gasteiger partial charge in [0.1, 0.15) is 12.4 Å². The minimum atomic E-state index is -0.607. The largest absolute Gasteiger partial charge is 0.465 e. The monoisotopic (exact) mass is 331 g/mol. The highest BCUT2D eigenvalue weighted by Crippen LogP contribution is 2.33. The number of rotatable bonds is 6. The zero-order chi connectivity index (χ0) is 18.5. The molecule has 1 aromatic rings. The molecule has 0 unspecified atom stereocenters. The second-order valence-corrected chi connectivity index (χ2v) is 7.04. The highest BCUT2D eigenvalue weighted by atomic mass is 16.5. The molecule has 1 rings (SSSR count). The predicted octanol–water partition coefficient (Wildman–Crippen LogP) is 3.60. The maximum absolute atomic E-state index is 11.9. The first-order valence-electron chi connectivity index (χ1n) is 8.01. The van der Waals surface area contributed by atoms with E-state index in [1.54, 1.807) is 45.9 Å². The molecule has 130 valence electrons. The molecule has 0 N–H and O–H groups in total. The molecule has 0 aliphatic carbocycles. The third kappa shape index (κ3) is 5.09. The zero-order valence-electron chi connectivity index (χ0n) is 15.2. The van der Waals surface area contributed by atoms with E-state index in [1.807, 2.05) is 13.8 Å². The summed E-state index contributed by atoms with van der Waals surface area (Å²) in [7, 11) is 0. The number of hydrogen-bond acceptors (Lipinski definition) is 5. The minimum absolute atomic E-state index is 0.130. The van der Waals surface area contributed by atoms with Crippen molar-refractivity contribution in [1.82, 2.24) is 0 Å². The molecule has 24 heavy (non-hydrogen) atoms. The first-order valence-corrected chi connectivity index (χ1v) is 8.01. The van der Waals surface area contributed by atoms with E-state index in [0.29, 0.717) is 16.9 Å². The van der Waals surface area contributed by atoms with Crippen LogP contribution in [0.15, 0.2) is 18.2 Å². The molecule has 0 aromatic heterocycles. The molecule has 0 fully saturated rings. The van der Waals surface area contributed by atoms with Crippen molar-refractivity contribution in [2.24, 2.45) is 11.8 Å². The summed E-state index contributed by atoms with van der Waals surface area (Å²) in [5, 5.41) is 9.14. The van der Waals surface area contributed by atoms with Gasteiger partial charge in [-0.05, 0) is 18.2 Å². The van der Waals surface area contributed by atoms with Crippen LogP contribution < -0.4 is 4.74 Å². The summed E-state index contributed by atoms with van der Waals surface area (Å²) in [6.07, 6.45) is 0. The van der Waals surface area contributed by atoms with Crippen molar-refractivity contribution >= 4 is 11.9 Å². The maximum Gasteiger partial charge on any atom is 0.313 e. The number of carbonyl (C=O) groups excluding carboxylic acids is 2. The van der Waals surface area contributed by atoms with Crippen molar-refractivity contribution in [3.05, 3.63) is 29.3 Å². The predicted molar refractivity (Wildman–Crippen MR) is 90.5 cm³/mol. The van der Waals surface area contributed by atoms with Gasteiger partial charge in [-0.25, -0.2) is 0 Å². The van der Waals surface area contributed by atoms with E-state index in [2.05, 4.69) is 6.07 Å². The van der Waals surface area contributed by atoms with Gasteiger partial charge in [0, 0.05) is 11.0 Å². The molecule has 0 amide bonds. The van der Waals surface area contributed by atoms with E-state index >= 15 is 0 Å². The lowest BCUT2D eigenvalue weighted by Gasteiger charge is -2.27. The number of carbonyl (C=O) groups is 2. The summed E-state index contributed by atoms with van der Waals surface area (Å²) in [6.45, 7) is 10.9. The molecular formula is C19H25NO4. The fourth-order valence-electron chi connectivity index (χ4n) is 1.94. The molecule has 0 aliphatic rings. The van der Waals surface area contributed by atoms with Gasteiger partial charge in [0.05, 0.1) is 23.5 Å². The fourth-order valence-corrected chi connectivity index (χ4v) is 1.94. The average Bonchev–Trinajstić information content (AvgIpc) is 2.52. The standard InChI is InChI=1S/C19H25NO4/c1-12(2)17(21)23-11-19(5,6)15-9-14(10-20)7-8-16(15)24-18(22)13(3)4/h7-9,12-13H,11H2,1-6H3.